The molecule has 0 heterocycles. The van der Waals surface area contributed by atoms with Gasteiger partial charge < -0.3 is 20.1 Å². The number of benzene rings is 1. The van der Waals surface area contributed by atoms with E-state index >= 15 is 0 Å². The van der Waals surface area contributed by atoms with E-state index in [0.29, 0.717) is 18.0 Å². The molecule has 18 heavy (non-hydrogen) atoms. The zero-order chi connectivity index (χ0) is 13.4. The van der Waals surface area contributed by atoms with E-state index in [-0.39, 0.29) is 12.6 Å². The summed E-state index contributed by atoms with van der Waals surface area (Å²) in [5.74, 6) is 0.0846. The molecule has 0 bridgehead atoms. The summed E-state index contributed by atoms with van der Waals surface area (Å²) >= 11 is 0. The molecule has 0 aliphatic carbocycles. The summed E-state index contributed by atoms with van der Waals surface area (Å²) in [6, 6.07) is 6.42. The second kappa shape index (κ2) is 7.16. The first kappa shape index (κ1) is 13.8. The maximum absolute atomic E-state index is 11.2. The quantitative estimate of drug-likeness (QED) is 0.776. The van der Waals surface area contributed by atoms with E-state index in [1.807, 2.05) is 6.92 Å². The number of urea groups is 1. The molecular weight excluding hydrogens is 236 g/mol. The van der Waals surface area contributed by atoms with E-state index in [1.165, 1.54) is 7.11 Å². The number of esters is 1. The van der Waals surface area contributed by atoms with E-state index in [2.05, 4.69) is 15.4 Å². The first-order valence-electron chi connectivity index (χ1n) is 5.50. The first-order valence-corrected chi connectivity index (χ1v) is 5.50. The molecule has 2 amide bonds. The lowest BCUT2D eigenvalue weighted by atomic mass is 10.3. The van der Waals surface area contributed by atoms with E-state index in [4.69, 9.17) is 4.74 Å². The fraction of sp³-hybridized carbons (Fsp3) is 0.333. The highest BCUT2D eigenvalue weighted by Crippen LogP contribution is 2.15. The van der Waals surface area contributed by atoms with Crippen molar-refractivity contribution in [2.75, 3.05) is 25.6 Å². The van der Waals surface area contributed by atoms with Crippen LogP contribution in [0.1, 0.15) is 6.92 Å². The second-order valence-corrected chi connectivity index (χ2v) is 3.37. The largest absolute Gasteiger partial charge is 0.482 e. The van der Waals surface area contributed by atoms with Crippen LogP contribution in [0.15, 0.2) is 24.3 Å². The fourth-order valence-electron chi connectivity index (χ4n) is 1.17. The van der Waals surface area contributed by atoms with Crippen molar-refractivity contribution in [3.05, 3.63) is 24.3 Å². The molecule has 6 heteroatoms. The molecule has 0 aromatic heterocycles. The van der Waals surface area contributed by atoms with Gasteiger partial charge in [-0.2, -0.15) is 0 Å². The Kier molecular flexibility index (Phi) is 5.50. The zero-order valence-electron chi connectivity index (χ0n) is 10.4. The maximum atomic E-state index is 11.2. The Balaban J connectivity index is 2.47. The van der Waals surface area contributed by atoms with Crippen LogP contribution in [0.3, 0.4) is 0 Å². The van der Waals surface area contributed by atoms with Crippen LogP contribution in [0.4, 0.5) is 10.5 Å². The highest BCUT2D eigenvalue weighted by Gasteiger charge is 2.03. The van der Waals surface area contributed by atoms with Crippen molar-refractivity contribution in [2.24, 2.45) is 0 Å². The van der Waals surface area contributed by atoms with Gasteiger partial charge in [0, 0.05) is 12.2 Å². The number of anilines is 1. The minimum absolute atomic E-state index is 0.139. The number of amides is 2. The molecule has 0 saturated carbocycles. The van der Waals surface area contributed by atoms with Gasteiger partial charge in [0.2, 0.25) is 0 Å². The molecule has 1 rings (SSSR count). The van der Waals surface area contributed by atoms with Crippen molar-refractivity contribution in [1.29, 1.82) is 0 Å². The van der Waals surface area contributed by atoms with E-state index in [0.717, 1.165) is 0 Å². The Labute approximate surface area is 105 Å². The molecule has 1 aromatic rings. The summed E-state index contributed by atoms with van der Waals surface area (Å²) < 4.78 is 9.61. The van der Waals surface area contributed by atoms with Gasteiger partial charge in [-0.1, -0.05) is 0 Å². The molecule has 0 spiro atoms. The summed E-state index contributed by atoms with van der Waals surface area (Å²) in [4.78, 5) is 22.1. The lowest BCUT2D eigenvalue weighted by molar-refractivity contribution is -0.142. The molecule has 2 N–H and O–H groups in total. The van der Waals surface area contributed by atoms with Gasteiger partial charge in [0.25, 0.3) is 0 Å². The van der Waals surface area contributed by atoms with Crippen LogP contribution in [0.2, 0.25) is 0 Å². The number of methoxy groups -OCH3 is 1. The lowest BCUT2D eigenvalue weighted by Crippen LogP contribution is -2.28. The van der Waals surface area contributed by atoms with Crippen molar-refractivity contribution >= 4 is 17.7 Å². The topological polar surface area (TPSA) is 76.7 Å². The normalized spacial score (nSPS) is 9.44. The molecule has 0 saturated heterocycles. The Hall–Kier alpha value is -2.24. The van der Waals surface area contributed by atoms with Gasteiger partial charge in [-0.05, 0) is 31.2 Å². The number of carbonyl (C=O) groups excluding carboxylic acids is 2. The molecule has 0 aliphatic rings. The standard InChI is InChI=1S/C12H16N2O4/c1-3-13-12(16)14-9-4-6-10(7-5-9)18-8-11(15)17-2/h4-7H,3,8H2,1-2H3,(H2,13,14,16). The molecule has 6 nitrogen and oxygen atoms in total. The number of nitrogens with one attached hydrogen (secondary N) is 2. The van der Waals surface area contributed by atoms with Crippen LogP contribution in [0, 0.1) is 0 Å². The molecule has 98 valence electrons. The predicted octanol–water partition coefficient (Wildman–Crippen LogP) is 1.38. The number of rotatable bonds is 5. The van der Waals surface area contributed by atoms with Gasteiger partial charge >= 0.3 is 12.0 Å². The van der Waals surface area contributed by atoms with Gasteiger partial charge in [0.05, 0.1) is 7.11 Å². The summed E-state index contributed by atoms with van der Waals surface area (Å²) in [5.41, 5.74) is 0.645. The molecule has 0 aliphatic heterocycles. The highest BCUT2D eigenvalue weighted by atomic mass is 16.6. The Bertz CT molecular complexity index is 403. The smallest absolute Gasteiger partial charge is 0.343 e. The molecule has 0 fully saturated rings. The molecule has 0 unspecified atom stereocenters. The second-order valence-electron chi connectivity index (χ2n) is 3.37. The van der Waals surface area contributed by atoms with Crippen molar-refractivity contribution in [2.45, 2.75) is 6.92 Å². The minimum Gasteiger partial charge on any atom is -0.482 e. The van der Waals surface area contributed by atoms with Gasteiger partial charge in [-0.3, -0.25) is 0 Å². The summed E-state index contributed by atoms with van der Waals surface area (Å²) in [6.45, 7) is 2.26. The monoisotopic (exact) mass is 252 g/mol. The van der Waals surface area contributed by atoms with Crippen LogP contribution in [0.25, 0.3) is 0 Å². The van der Waals surface area contributed by atoms with Crippen molar-refractivity contribution in [3.8, 4) is 5.75 Å². The third-order valence-electron chi connectivity index (χ3n) is 2.03. The van der Waals surface area contributed by atoms with Crippen LogP contribution >= 0.6 is 0 Å². The number of hydrogen-bond acceptors (Lipinski definition) is 4. The Morgan fingerprint density at radius 3 is 2.44 bits per heavy atom. The highest BCUT2D eigenvalue weighted by molar-refractivity contribution is 5.89. The molecule has 0 atom stereocenters. The van der Waals surface area contributed by atoms with E-state index in [9.17, 15) is 9.59 Å². The summed E-state index contributed by atoms with van der Waals surface area (Å²) in [6.07, 6.45) is 0. The molecule has 0 radical (unpaired) electrons. The first-order chi connectivity index (χ1) is 8.65. The fourth-order valence-corrected chi connectivity index (χ4v) is 1.17. The van der Waals surface area contributed by atoms with Crippen LogP contribution in [0.5, 0.6) is 5.75 Å². The van der Waals surface area contributed by atoms with Gasteiger partial charge in [0.15, 0.2) is 6.61 Å². The van der Waals surface area contributed by atoms with Gasteiger partial charge in [-0.15, -0.1) is 0 Å². The van der Waals surface area contributed by atoms with Crippen molar-refractivity contribution < 1.29 is 19.1 Å². The third-order valence-corrected chi connectivity index (χ3v) is 2.03. The van der Waals surface area contributed by atoms with Crippen LogP contribution in [-0.4, -0.2) is 32.3 Å². The Morgan fingerprint density at radius 2 is 1.89 bits per heavy atom. The molecular formula is C12H16N2O4. The zero-order valence-corrected chi connectivity index (χ0v) is 10.4. The number of carbonyl (C=O) groups is 2. The van der Waals surface area contributed by atoms with E-state index < -0.39 is 5.97 Å². The van der Waals surface area contributed by atoms with Gasteiger partial charge in [0.1, 0.15) is 5.75 Å². The van der Waals surface area contributed by atoms with E-state index in [1.54, 1.807) is 24.3 Å². The maximum Gasteiger partial charge on any atom is 0.343 e. The molecule has 1 aromatic carbocycles. The van der Waals surface area contributed by atoms with Crippen molar-refractivity contribution in [3.63, 3.8) is 0 Å². The summed E-state index contributed by atoms with van der Waals surface area (Å²) in [7, 11) is 1.30. The minimum atomic E-state index is -0.445. The van der Waals surface area contributed by atoms with Gasteiger partial charge in [-0.25, -0.2) is 9.59 Å². The Morgan fingerprint density at radius 1 is 1.22 bits per heavy atom. The SMILES string of the molecule is CCNC(=O)Nc1ccc(OCC(=O)OC)cc1. The van der Waals surface area contributed by atoms with Crippen LogP contribution in [-0.2, 0) is 9.53 Å². The number of hydrogen-bond donors (Lipinski definition) is 2. The van der Waals surface area contributed by atoms with Crippen molar-refractivity contribution in [1.82, 2.24) is 5.32 Å². The van der Waals surface area contributed by atoms with Crippen LogP contribution < -0.4 is 15.4 Å². The third kappa shape index (κ3) is 4.73. The number of ether oxygens (including phenoxy) is 2. The average Bonchev–Trinajstić information content (AvgIpc) is 2.37. The lowest BCUT2D eigenvalue weighted by Gasteiger charge is -2.07. The predicted molar refractivity (Wildman–Crippen MR) is 66.6 cm³/mol. The summed E-state index contributed by atoms with van der Waals surface area (Å²) in [5, 5.41) is 5.26. The average molecular weight is 252 g/mol.